The Hall–Kier alpha value is -2.00. The second-order valence-corrected chi connectivity index (χ2v) is 8.37. The molecular formula is C17H20F5N3O2. The molecule has 1 aromatic rings. The van der Waals surface area contributed by atoms with Gasteiger partial charge in [0, 0.05) is 24.4 Å². The Morgan fingerprint density at radius 2 is 1.59 bits per heavy atom. The van der Waals surface area contributed by atoms with Crippen molar-refractivity contribution in [1.82, 2.24) is 15.1 Å². The monoisotopic (exact) mass is 393 g/mol. The number of nitrogens with zero attached hydrogens (tertiary/aromatic N) is 3. The highest BCUT2D eigenvalue weighted by Crippen LogP contribution is 2.59. The molecule has 1 saturated heterocycles. The molecule has 2 heterocycles. The summed E-state index contributed by atoms with van der Waals surface area (Å²) in [5.41, 5.74) is -3.07. The van der Waals surface area contributed by atoms with E-state index in [0.29, 0.717) is 25.2 Å². The molecule has 0 unspecified atom stereocenters. The first kappa shape index (κ1) is 19.8. The summed E-state index contributed by atoms with van der Waals surface area (Å²) in [6, 6.07) is 1.19. The fourth-order valence-corrected chi connectivity index (χ4v) is 3.59. The fourth-order valence-electron chi connectivity index (χ4n) is 3.59. The molecule has 0 radical (unpaired) electrons. The van der Waals surface area contributed by atoms with Crippen molar-refractivity contribution in [1.29, 1.82) is 0 Å². The summed E-state index contributed by atoms with van der Waals surface area (Å²) < 4.78 is 71.7. The number of amides is 1. The lowest BCUT2D eigenvalue weighted by atomic mass is 9.56. The van der Waals surface area contributed by atoms with Gasteiger partial charge in [0.2, 0.25) is 0 Å². The number of hydrogen-bond donors (Lipinski definition) is 0. The van der Waals surface area contributed by atoms with Gasteiger partial charge in [-0.1, -0.05) is 0 Å². The van der Waals surface area contributed by atoms with Gasteiger partial charge in [-0.05, 0) is 45.7 Å². The maximum atomic E-state index is 14.5. The molecular weight excluding hydrogens is 373 g/mol. The van der Waals surface area contributed by atoms with E-state index in [2.05, 4.69) is 10.2 Å². The van der Waals surface area contributed by atoms with Gasteiger partial charge in [-0.3, -0.25) is 0 Å². The second-order valence-electron chi connectivity index (χ2n) is 8.37. The Labute approximate surface area is 152 Å². The van der Waals surface area contributed by atoms with Crippen molar-refractivity contribution >= 4 is 6.09 Å². The molecule has 0 bridgehead atoms. The number of carbonyl (C=O) groups excluding carboxylic acids is 1. The predicted molar refractivity (Wildman–Crippen MR) is 83.9 cm³/mol. The first-order valence-corrected chi connectivity index (χ1v) is 8.49. The van der Waals surface area contributed by atoms with E-state index in [4.69, 9.17) is 4.74 Å². The van der Waals surface area contributed by atoms with Gasteiger partial charge in [0.05, 0.1) is 0 Å². The third-order valence-electron chi connectivity index (χ3n) is 4.87. The van der Waals surface area contributed by atoms with E-state index in [9.17, 15) is 26.7 Å². The lowest BCUT2D eigenvalue weighted by Crippen LogP contribution is -2.65. The summed E-state index contributed by atoms with van der Waals surface area (Å²) in [5, 5.41) is 5.96. The van der Waals surface area contributed by atoms with E-state index in [0.717, 1.165) is 0 Å². The molecule has 150 valence electrons. The first-order chi connectivity index (χ1) is 12.2. The van der Waals surface area contributed by atoms with Crippen LogP contribution in [0.2, 0.25) is 0 Å². The minimum absolute atomic E-state index is 0.169. The van der Waals surface area contributed by atoms with Gasteiger partial charge in [0.1, 0.15) is 11.3 Å². The molecule has 1 amide bonds. The zero-order valence-corrected chi connectivity index (χ0v) is 15.1. The summed E-state index contributed by atoms with van der Waals surface area (Å²) >= 11 is 0. The molecule has 2 aliphatic rings. The number of alkyl halides is 5. The number of hydrogen-bond acceptors (Lipinski definition) is 4. The number of ether oxygens (including phenoxy) is 1. The number of likely N-dealkylation sites (tertiary alicyclic amines) is 1. The van der Waals surface area contributed by atoms with Gasteiger partial charge in [-0.25, -0.2) is 4.79 Å². The highest BCUT2D eigenvalue weighted by molar-refractivity contribution is 5.69. The van der Waals surface area contributed by atoms with Gasteiger partial charge in [-0.2, -0.15) is 22.0 Å². The van der Waals surface area contributed by atoms with Crippen molar-refractivity contribution in [2.75, 3.05) is 13.1 Å². The molecule has 5 nitrogen and oxygen atoms in total. The van der Waals surface area contributed by atoms with E-state index in [1.807, 2.05) is 0 Å². The Bertz CT molecular complexity index is 714. The van der Waals surface area contributed by atoms with Crippen LogP contribution in [0.1, 0.15) is 45.0 Å². The fraction of sp³-hybridized carbons (Fsp3) is 0.706. The average Bonchev–Trinajstić information content (AvgIpc) is 2.41. The van der Waals surface area contributed by atoms with Crippen LogP contribution in [0.5, 0.6) is 0 Å². The SMILES string of the molecule is CC(C)(C)OC(=O)N1CC2(CC(C(F)(F)c3ccc(C(F)(F)F)nn3)C2)C1. The van der Waals surface area contributed by atoms with E-state index in [1.54, 1.807) is 20.8 Å². The molecule has 3 rings (SSSR count). The molecule has 2 fully saturated rings. The molecule has 1 spiro atoms. The van der Waals surface area contributed by atoms with Gasteiger partial charge < -0.3 is 9.64 Å². The zero-order chi connectivity index (χ0) is 20.3. The van der Waals surface area contributed by atoms with Crippen molar-refractivity contribution in [3.8, 4) is 0 Å². The van der Waals surface area contributed by atoms with Crippen LogP contribution in [0.15, 0.2) is 12.1 Å². The van der Waals surface area contributed by atoms with Crippen LogP contribution in [-0.4, -0.2) is 39.9 Å². The van der Waals surface area contributed by atoms with Gasteiger partial charge in [0.15, 0.2) is 5.69 Å². The third-order valence-corrected chi connectivity index (χ3v) is 4.87. The van der Waals surface area contributed by atoms with Gasteiger partial charge >= 0.3 is 12.3 Å². The molecule has 10 heteroatoms. The number of rotatable bonds is 2. The number of aromatic nitrogens is 2. The van der Waals surface area contributed by atoms with Crippen molar-refractivity contribution in [3.05, 3.63) is 23.5 Å². The molecule has 27 heavy (non-hydrogen) atoms. The summed E-state index contributed by atoms with van der Waals surface area (Å²) in [6.07, 6.45) is -4.86. The smallest absolute Gasteiger partial charge is 0.435 e. The van der Waals surface area contributed by atoms with Crippen LogP contribution in [-0.2, 0) is 16.8 Å². The Kier molecular flexibility index (Phi) is 4.39. The summed E-state index contributed by atoms with van der Waals surface area (Å²) in [6.45, 7) is 5.91. The highest BCUT2D eigenvalue weighted by atomic mass is 19.4. The molecule has 1 aliphatic heterocycles. The van der Waals surface area contributed by atoms with Crippen LogP contribution >= 0.6 is 0 Å². The van der Waals surface area contributed by atoms with E-state index in [1.165, 1.54) is 4.90 Å². The third kappa shape index (κ3) is 3.84. The minimum atomic E-state index is -4.72. The van der Waals surface area contributed by atoms with Crippen LogP contribution < -0.4 is 0 Å². The van der Waals surface area contributed by atoms with Crippen molar-refractivity contribution < 1.29 is 31.5 Å². The molecule has 0 atom stereocenters. The first-order valence-electron chi connectivity index (χ1n) is 8.49. The second kappa shape index (κ2) is 6.00. The Balaban J connectivity index is 1.57. The largest absolute Gasteiger partial charge is 0.444 e. The lowest BCUT2D eigenvalue weighted by Gasteiger charge is -2.59. The van der Waals surface area contributed by atoms with E-state index >= 15 is 0 Å². The Morgan fingerprint density at radius 1 is 1.07 bits per heavy atom. The Morgan fingerprint density at radius 3 is 2.04 bits per heavy atom. The van der Waals surface area contributed by atoms with Gasteiger partial charge in [-0.15, -0.1) is 10.2 Å². The summed E-state index contributed by atoms with van der Waals surface area (Å²) in [7, 11) is 0. The van der Waals surface area contributed by atoms with E-state index in [-0.39, 0.29) is 18.3 Å². The summed E-state index contributed by atoms with van der Waals surface area (Å²) in [4.78, 5) is 13.4. The summed E-state index contributed by atoms with van der Waals surface area (Å²) in [5.74, 6) is -4.40. The molecule has 0 N–H and O–H groups in total. The van der Waals surface area contributed by atoms with Crippen molar-refractivity contribution in [2.45, 2.75) is 51.3 Å². The number of carbonyl (C=O) groups is 1. The highest BCUT2D eigenvalue weighted by Gasteiger charge is 2.61. The van der Waals surface area contributed by atoms with Crippen LogP contribution in [0, 0.1) is 11.3 Å². The molecule has 0 aromatic carbocycles. The van der Waals surface area contributed by atoms with Crippen LogP contribution in [0.3, 0.4) is 0 Å². The normalized spacial score (nSPS) is 20.2. The standard InChI is InChI=1S/C17H20F5N3O2/c1-14(2,3)27-13(26)25-8-15(9-25)6-10(7-15)16(18,19)11-4-5-12(24-23-11)17(20,21)22/h4-5,10H,6-9H2,1-3H3. The van der Waals surface area contributed by atoms with Gasteiger partial charge in [0.25, 0.3) is 5.92 Å². The maximum absolute atomic E-state index is 14.5. The van der Waals surface area contributed by atoms with Crippen molar-refractivity contribution in [2.24, 2.45) is 11.3 Å². The van der Waals surface area contributed by atoms with E-state index < -0.39 is 41.1 Å². The molecule has 1 aliphatic carbocycles. The van der Waals surface area contributed by atoms with Crippen LogP contribution in [0.4, 0.5) is 26.7 Å². The average molecular weight is 393 g/mol. The predicted octanol–water partition coefficient (Wildman–Crippen LogP) is 4.23. The quantitative estimate of drug-likeness (QED) is 0.706. The minimum Gasteiger partial charge on any atom is -0.444 e. The zero-order valence-electron chi connectivity index (χ0n) is 15.1. The topological polar surface area (TPSA) is 55.3 Å². The molecule has 1 aromatic heterocycles. The van der Waals surface area contributed by atoms with Crippen LogP contribution in [0.25, 0.3) is 0 Å². The lowest BCUT2D eigenvalue weighted by molar-refractivity contribution is -0.183. The number of halogens is 5. The van der Waals surface area contributed by atoms with Crippen molar-refractivity contribution in [3.63, 3.8) is 0 Å². The maximum Gasteiger partial charge on any atom is 0.435 e. The molecule has 1 saturated carbocycles.